The van der Waals surface area contributed by atoms with Crippen LogP contribution in [0.1, 0.15) is 18.4 Å². The Labute approximate surface area is 140 Å². The molecule has 0 bridgehead atoms. The van der Waals surface area contributed by atoms with E-state index in [1.807, 2.05) is 6.07 Å². The first-order valence-corrected chi connectivity index (χ1v) is 7.66. The van der Waals surface area contributed by atoms with Crippen molar-refractivity contribution in [3.63, 3.8) is 0 Å². The molecule has 0 amide bonds. The molecule has 1 spiro atoms. The lowest BCUT2D eigenvalue weighted by Crippen LogP contribution is -2.28. The van der Waals surface area contributed by atoms with E-state index in [0.717, 1.165) is 38.3 Å². The number of hydrogen-bond donors (Lipinski definition) is 1. The Morgan fingerprint density at radius 2 is 2.09 bits per heavy atom. The van der Waals surface area contributed by atoms with Crippen LogP contribution >= 0.6 is 12.4 Å². The van der Waals surface area contributed by atoms with Crippen molar-refractivity contribution in [3.8, 4) is 5.75 Å². The van der Waals surface area contributed by atoms with Gasteiger partial charge in [-0.1, -0.05) is 12.1 Å². The summed E-state index contributed by atoms with van der Waals surface area (Å²) in [5, 5.41) is 3.43. The molecular formula is C16H22ClF3N2O. The van der Waals surface area contributed by atoms with Crippen molar-refractivity contribution in [2.75, 3.05) is 32.8 Å². The Morgan fingerprint density at radius 1 is 1.26 bits per heavy atom. The molecule has 2 fully saturated rings. The summed E-state index contributed by atoms with van der Waals surface area (Å²) in [6.07, 6.45) is -1.88. The minimum Gasteiger partial charge on any atom is -0.484 e. The third kappa shape index (κ3) is 4.99. The van der Waals surface area contributed by atoms with Crippen molar-refractivity contribution in [1.29, 1.82) is 0 Å². The number of alkyl halides is 3. The Morgan fingerprint density at radius 3 is 2.78 bits per heavy atom. The summed E-state index contributed by atoms with van der Waals surface area (Å²) in [6.45, 7) is 3.82. The average molecular weight is 351 g/mol. The van der Waals surface area contributed by atoms with E-state index in [1.165, 1.54) is 12.8 Å². The molecule has 1 unspecified atom stereocenters. The van der Waals surface area contributed by atoms with Gasteiger partial charge in [-0.3, -0.25) is 4.90 Å². The molecule has 2 heterocycles. The number of likely N-dealkylation sites (tertiary alicyclic amines) is 1. The predicted octanol–water partition coefficient (Wildman–Crippen LogP) is 3.23. The quantitative estimate of drug-likeness (QED) is 0.902. The van der Waals surface area contributed by atoms with E-state index in [2.05, 4.69) is 10.2 Å². The second-order valence-corrected chi connectivity index (χ2v) is 6.44. The number of benzene rings is 1. The molecule has 1 atom stereocenters. The van der Waals surface area contributed by atoms with Crippen LogP contribution in [0.15, 0.2) is 24.3 Å². The third-order valence-corrected chi connectivity index (χ3v) is 4.56. The van der Waals surface area contributed by atoms with Crippen LogP contribution in [0.4, 0.5) is 13.2 Å². The zero-order valence-electron chi connectivity index (χ0n) is 12.9. The van der Waals surface area contributed by atoms with Gasteiger partial charge in [0.2, 0.25) is 0 Å². The summed E-state index contributed by atoms with van der Waals surface area (Å²) in [7, 11) is 0. The Bertz CT molecular complexity index is 518. The van der Waals surface area contributed by atoms with Gasteiger partial charge in [-0.15, -0.1) is 12.4 Å². The summed E-state index contributed by atoms with van der Waals surface area (Å²) in [5.41, 5.74) is 1.41. The van der Waals surface area contributed by atoms with Gasteiger partial charge in [0.25, 0.3) is 0 Å². The van der Waals surface area contributed by atoms with E-state index in [-0.39, 0.29) is 18.2 Å². The van der Waals surface area contributed by atoms with E-state index >= 15 is 0 Å². The molecule has 2 aliphatic heterocycles. The molecule has 130 valence electrons. The topological polar surface area (TPSA) is 24.5 Å². The largest absolute Gasteiger partial charge is 0.484 e. The first-order valence-electron chi connectivity index (χ1n) is 7.66. The maximum Gasteiger partial charge on any atom is 0.422 e. The van der Waals surface area contributed by atoms with Crippen LogP contribution in [-0.2, 0) is 6.54 Å². The molecule has 0 aliphatic carbocycles. The zero-order valence-corrected chi connectivity index (χ0v) is 13.7. The lowest BCUT2D eigenvalue weighted by molar-refractivity contribution is -0.153. The number of rotatable bonds is 4. The zero-order chi connectivity index (χ0) is 15.6. The fourth-order valence-electron chi connectivity index (χ4n) is 3.46. The minimum absolute atomic E-state index is 0. The second-order valence-electron chi connectivity index (χ2n) is 6.44. The number of nitrogens with one attached hydrogen (secondary N) is 1. The molecule has 0 aromatic heterocycles. The molecule has 3 nitrogen and oxygen atoms in total. The maximum atomic E-state index is 12.2. The highest BCUT2D eigenvalue weighted by Crippen LogP contribution is 2.36. The molecule has 1 aromatic rings. The molecule has 23 heavy (non-hydrogen) atoms. The van der Waals surface area contributed by atoms with Crippen LogP contribution in [0.5, 0.6) is 5.75 Å². The maximum absolute atomic E-state index is 12.2. The number of halogens is 4. The van der Waals surface area contributed by atoms with Crippen LogP contribution in [0.3, 0.4) is 0 Å². The molecule has 3 rings (SSSR count). The van der Waals surface area contributed by atoms with Crippen molar-refractivity contribution in [1.82, 2.24) is 10.2 Å². The highest BCUT2D eigenvalue weighted by molar-refractivity contribution is 5.85. The lowest BCUT2D eigenvalue weighted by atomic mass is 9.86. The summed E-state index contributed by atoms with van der Waals surface area (Å²) in [4.78, 5) is 2.38. The van der Waals surface area contributed by atoms with E-state index < -0.39 is 12.8 Å². The SMILES string of the molecule is Cl.FC(F)(F)COc1cccc(CN2CCC3(CCNC3)C2)c1. The van der Waals surface area contributed by atoms with Gasteiger partial charge in [0.05, 0.1) is 0 Å². The van der Waals surface area contributed by atoms with Gasteiger partial charge < -0.3 is 10.1 Å². The normalized spacial score (nSPS) is 24.8. The van der Waals surface area contributed by atoms with Gasteiger partial charge in [0, 0.05) is 19.6 Å². The van der Waals surface area contributed by atoms with Crippen LogP contribution in [-0.4, -0.2) is 43.9 Å². The van der Waals surface area contributed by atoms with Crippen molar-refractivity contribution in [3.05, 3.63) is 29.8 Å². The van der Waals surface area contributed by atoms with Gasteiger partial charge in [-0.25, -0.2) is 0 Å². The fraction of sp³-hybridized carbons (Fsp3) is 0.625. The second kappa shape index (κ2) is 7.28. The highest BCUT2D eigenvalue weighted by Gasteiger charge is 2.40. The van der Waals surface area contributed by atoms with E-state index in [4.69, 9.17) is 4.74 Å². The molecule has 7 heteroatoms. The predicted molar refractivity (Wildman–Crippen MR) is 85.1 cm³/mol. The number of hydrogen-bond acceptors (Lipinski definition) is 3. The number of ether oxygens (including phenoxy) is 1. The van der Waals surface area contributed by atoms with Crippen molar-refractivity contribution < 1.29 is 17.9 Å². The lowest BCUT2D eigenvalue weighted by Gasteiger charge is -2.23. The molecule has 2 aliphatic rings. The van der Waals surface area contributed by atoms with E-state index in [0.29, 0.717) is 5.41 Å². The van der Waals surface area contributed by atoms with Gasteiger partial charge in [-0.05, 0) is 49.0 Å². The van der Waals surface area contributed by atoms with Gasteiger partial charge in [0.15, 0.2) is 6.61 Å². The first-order chi connectivity index (χ1) is 10.4. The molecule has 0 radical (unpaired) electrons. The van der Waals surface area contributed by atoms with Gasteiger partial charge in [0.1, 0.15) is 5.75 Å². The van der Waals surface area contributed by atoms with Gasteiger partial charge >= 0.3 is 6.18 Å². The fourth-order valence-corrected chi connectivity index (χ4v) is 3.46. The van der Waals surface area contributed by atoms with Crippen LogP contribution in [0.25, 0.3) is 0 Å². The van der Waals surface area contributed by atoms with Gasteiger partial charge in [-0.2, -0.15) is 13.2 Å². The molecule has 0 saturated carbocycles. The third-order valence-electron chi connectivity index (χ3n) is 4.56. The molecule has 1 N–H and O–H groups in total. The summed E-state index contributed by atoms with van der Waals surface area (Å²) >= 11 is 0. The van der Waals surface area contributed by atoms with Crippen LogP contribution in [0, 0.1) is 5.41 Å². The Hall–Kier alpha value is -0.980. The first kappa shape index (κ1) is 18.4. The Balaban J connectivity index is 0.00000192. The van der Waals surface area contributed by atoms with E-state index in [9.17, 15) is 13.2 Å². The van der Waals surface area contributed by atoms with E-state index in [1.54, 1.807) is 18.2 Å². The minimum atomic E-state index is -4.30. The number of nitrogens with zero attached hydrogens (tertiary/aromatic N) is 1. The van der Waals surface area contributed by atoms with Crippen molar-refractivity contribution >= 4 is 12.4 Å². The monoisotopic (exact) mass is 350 g/mol. The van der Waals surface area contributed by atoms with Crippen molar-refractivity contribution in [2.24, 2.45) is 5.41 Å². The summed E-state index contributed by atoms with van der Waals surface area (Å²) in [5.74, 6) is 0.284. The molecule has 1 aromatic carbocycles. The van der Waals surface area contributed by atoms with Crippen LogP contribution < -0.4 is 10.1 Å². The smallest absolute Gasteiger partial charge is 0.422 e. The highest BCUT2D eigenvalue weighted by atomic mass is 35.5. The standard InChI is InChI=1S/C16H21F3N2O.ClH/c17-16(18,19)12-22-14-3-1-2-13(8-14)9-21-7-5-15(11-21)4-6-20-10-15;/h1-3,8,20H,4-7,9-12H2;1H. The Kier molecular flexibility index (Phi) is 5.81. The summed E-state index contributed by atoms with van der Waals surface area (Å²) in [6, 6.07) is 6.98. The molecular weight excluding hydrogens is 329 g/mol. The molecule has 2 saturated heterocycles. The summed E-state index contributed by atoms with van der Waals surface area (Å²) < 4.78 is 41.4. The average Bonchev–Trinajstić information content (AvgIpc) is 3.07. The van der Waals surface area contributed by atoms with Crippen molar-refractivity contribution in [2.45, 2.75) is 25.6 Å². The van der Waals surface area contributed by atoms with Crippen LogP contribution in [0.2, 0.25) is 0 Å².